The minimum atomic E-state index is -3.93. The molecular weight excluding hydrogens is 302 g/mol. The van der Waals surface area contributed by atoms with Crippen LogP contribution in [0.5, 0.6) is 5.75 Å². The third kappa shape index (κ3) is 4.68. The molecule has 112 valence electrons. The molecule has 1 rings (SSSR count). The molecule has 0 radical (unpaired) electrons. The topological polar surface area (TPSA) is 72.5 Å². The number of rotatable bonds is 6. The number of hydrogen-bond donors (Lipinski definition) is 1. The van der Waals surface area contributed by atoms with Crippen LogP contribution in [0.1, 0.15) is 24.5 Å². The first-order valence-electron chi connectivity index (χ1n) is 6.21. The minimum absolute atomic E-state index is 0.111. The fourth-order valence-electron chi connectivity index (χ4n) is 1.73. The van der Waals surface area contributed by atoms with Crippen molar-refractivity contribution in [2.24, 2.45) is 0 Å². The number of ether oxygens (including phenoxy) is 1. The Hall–Kier alpha value is -1.27. The summed E-state index contributed by atoms with van der Waals surface area (Å²) in [7, 11) is 1.47. The summed E-state index contributed by atoms with van der Waals surface area (Å²) in [5.41, 5.74) is 1.37. The van der Waals surface area contributed by atoms with Crippen LogP contribution in [0.4, 0.5) is 0 Å². The fourth-order valence-corrected chi connectivity index (χ4v) is 2.85. The number of carbonyl (C=O) groups is 1. The molecule has 0 atom stereocenters. The normalized spacial score (nSPS) is 11.2. The lowest BCUT2D eigenvalue weighted by Gasteiger charge is -2.13. The lowest BCUT2D eigenvalue weighted by Crippen LogP contribution is -2.29. The van der Waals surface area contributed by atoms with Crippen molar-refractivity contribution in [3.8, 4) is 5.75 Å². The van der Waals surface area contributed by atoms with Gasteiger partial charge in [0, 0.05) is 17.2 Å². The predicted octanol–water partition coefficient (Wildman–Crippen LogP) is 2.14. The Morgan fingerprint density at radius 3 is 2.55 bits per heavy atom. The predicted molar refractivity (Wildman–Crippen MR) is 77.8 cm³/mol. The molecule has 1 aromatic carbocycles. The number of aryl methyl sites for hydroxylation is 2. The van der Waals surface area contributed by atoms with Crippen molar-refractivity contribution in [3.63, 3.8) is 0 Å². The molecule has 0 aliphatic rings. The van der Waals surface area contributed by atoms with E-state index in [1.165, 1.54) is 6.07 Å². The van der Waals surface area contributed by atoms with Crippen LogP contribution in [0, 0.1) is 13.8 Å². The Kier molecular flexibility index (Phi) is 5.83. The highest BCUT2D eigenvalue weighted by Crippen LogP contribution is 2.31. The van der Waals surface area contributed by atoms with Crippen molar-refractivity contribution in [3.05, 3.63) is 23.3 Å². The Bertz CT molecular complexity index is 599. The van der Waals surface area contributed by atoms with E-state index in [-0.39, 0.29) is 23.2 Å². The van der Waals surface area contributed by atoms with Gasteiger partial charge < -0.3 is 10.1 Å². The second kappa shape index (κ2) is 6.95. The summed E-state index contributed by atoms with van der Waals surface area (Å²) in [5.74, 6) is -0.179. The molecule has 0 bridgehead atoms. The average Bonchev–Trinajstić information content (AvgIpc) is 2.33. The number of carbonyl (C=O) groups excluding carboxylic acids is 1. The largest absolute Gasteiger partial charge is 0.482 e. The molecule has 1 aromatic rings. The summed E-state index contributed by atoms with van der Waals surface area (Å²) in [4.78, 5) is 11.4. The summed E-state index contributed by atoms with van der Waals surface area (Å²) in [5, 5.41) is 2.65. The van der Waals surface area contributed by atoms with Crippen LogP contribution in [0.15, 0.2) is 17.0 Å². The van der Waals surface area contributed by atoms with Gasteiger partial charge in [-0.15, -0.1) is 0 Å². The summed E-state index contributed by atoms with van der Waals surface area (Å²) >= 11 is 0. The van der Waals surface area contributed by atoms with Gasteiger partial charge >= 0.3 is 0 Å². The molecular formula is C13H18ClNO4S. The van der Waals surface area contributed by atoms with Crippen LogP contribution in [0.2, 0.25) is 0 Å². The first-order valence-corrected chi connectivity index (χ1v) is 8.52. The summed E-state index contributed by atoms with van der Waals surface area (Å²) in [6.07, 6.45) is 0.816. The zero-order valence-electron chi connectivity index (χ0n) is 11.7. The van der Waals surface area contributed by atoms with Crippen molar-refractivity contribution in [1.29, 1.82) is 0 Å². The van der Waals surface area contributed by atoms with Gasteiger partial charge in [0.2, 0.25) is 0 Å². The van der Waals surface area contributed by atoms with Crippen molar-refractivity contribution >= 4 is 25.6 Å². The zero-order chi connectivity index (χ0) is 15.3. The van der Waals surface area contributed by atoms with Crippen LogP contribution >= 0.6 is 10.7 Å². The van der Waals surface area contributed by atoms with E-state index in [0.29, 0.717) is 12.1 Å². The van der Waals surface area contributed by atoms with Crippen LogP contribution < -0.4 is 10.1 Å². The van der Waals surface area contributed by atoms with E-state index in [1.807, 2.05) is 6.92 Å². The molecule has 0 spiro atoms. The van der Waals surface area contributed by atoms with Gasteiger partial charge in [-0.05, 0) is 37.5 Å². The van der Waals surface area contributed by atoms with Gasteiger partial charge in [-0.25, -0.2) is 8.42 Å². The monoisotopic (exact) mass is 319 g/mol. The fraction of sp³-hybridized carbons (Fsp3) is 0.462. The molecule has 5 nitrogen and oxygen atoms in total. The molecule has 0 aliphatic heterocycles. The molecule has 0 saturated heterocycles. The van der Waals surface area contributed by atoms with Crippen molar-refractivity contribution < 1.29 is 17.9 Å². The Labute approximate surface area is 123 Å². The third-order valence-corrected chi connectivity index (χ3v) is 3.89. The maximum Gasteiger partial charge on any atom is 0.265 e. The highest BCUT2D eigenvalue weighted by molar-refractivity contribution is 8.13. The lowest BCUT2D eigenvalue weighted by molar-refractivity contribution is -0.123. The molecule has 0 aromatic heterocycles. The molecule has 20 heavy (non-hydrogen) atoms. The van der Waals surface area contributed by atoms with Gasteiger partial charge in [-0.2, -0.15) is 0 Å². The summed E-state index contributed by atoms with van der Waals surface area (Å²) in [6, 6.07) is 3.19. The molecule has 0 aliphatic carbocycles. The van der Waals surface area contributed by atoms with Crippen LogP contribution in [0.25, 0.3) is 0 Å². The first kappa shape index (κ1) is 16.8. The van der Waals surface area contributed by atoms with Crippen LogP contribution in [0.3, 0.4) is 0 Å². The maximum atomic E-state index is 11.6. The number of amides is 1. The van der Waals surface area contributed by atoms with E-state index < -0.39 is 9.05 Å². The van der Waals surface area contributed by atoms with Crippen LogP contribution in [-0.4, -0.2) is 27.5 Å². The molecule has 0 saturated carbocycles. The van der Waals surface area contributed by atoms with Crippen molar-refractivity contribution in [2.75, 3.05) is 13.2 Å². The lowest BCUT2D eigenvalue weighted by atomic mass is 10.1. The molecule has 1 N–H and O–H groups in total. The van der Waals surface area contributed by atoms with Gasteiger partial charge in [-0.3, -0.25) is 4.79 Å². The smallest absolute Gasteiger partial charge is 0.265 e. The van der Waals surface area contributed by atoms with E-state index in [1.54, 1.807) is 19.9 Å². The SMILES string of the molecule is CCCNC(=O)COc1c(C)cc(C)cc1S(=O)(=O)Cl. The molecule has 0 heterocycles. The van der Waals surface area contributed by atoms with E-state index >= 15 is 0 Å². The number of nitrogens with one attached hydrogen (secondary N) is 1. The minimum Gasteiger partial charge on any atom is -0.482 e. The van der Waals surface area contributed by atoms with Gasteiger partial charge in [0.1, 0.15) is 10.6 Å². The molecule has 1 amide bonds. The highest BCUT2D eigenvalue weighted by Gasteiger charge is 2.20. The van der Waals surface area contributed by atoms with Crippen LogP contribution in [-0.2, 0) is 13.8 Å². The summed E-state index contributed by atoms with van der Waals surface area (Å²) < 4.78 is 28.5. The molecule has 0 unspecified atom stereocenters. The Morgan fingerprint density at radius 1 is 1.35 bits per heavy atom. The first-order chi connectivity index (χ1) is 9.25. The quantitative estimate of drug-likeness (QED) is 0.815. The van der Waals surface area contributed by atoms with Crippen molar-refractivity contribution in [1.82, 2.24) is 5.32 Å². The van der Waals surface area contributed by atoms with E-state index in [0.717, 1.165) is 12.0 Å². The Balaban J connectivity index is 2.97. The second-order valence-electron chi connectivity index (χ2n) is 4.49. The van der Waals surface area contributed by atoms with E-state index in [2.05, 4.69) is 5.32 Å². The standard InChI is InChI=1S/C13H18ClNO4S/c1-4-5-15-12(16)8-19-13-10(3)6-9(2)7-11(13)20(14,17)18/h6-7H,4-5,8H2,1-3H3,(H,15,16). The van der Waals surface area contributed by atoms with E-state index in [4.69, 9.17) is 15.4 Å². The summed E-state index contributed by atoms with van der Waals surface area (Å²) in [6.45, 7) is 5.70. The van der Waals surface area contributed by atoms with Gasteiger partial charge in [0.15, 0.2) is 6.61 Å². The molecule has 7 heteroatoms. The number of halogens is 1. The number of benzene rings is 1. The maximum absolute atomic E-state index is 11.6. The Morgan fingerprint density at radius 2 is 2.00 bits per heavy atom. The average molecular weight is 320 g/mol. The third-order valence-electron chi connectivity index (χ3n) is 2.57. The van der Waals surface area contributed by atoms with Gasteiger partial charge in [0.25, 0.3) is 15.0 Å². The van der Waals surface area contributed by atoms with Crippen molar-refractivity contribution in [2.45, 2.75) is 32.1 Å². The second-order valence-corrected chi connectivity index (χ2v) is 7.02. The zero-order valence-corrected chi connectivity index (χ0v) is 13.3. The van der Waals surface area contributed by atoms with Gasteiger partial charge in [0.05, 0.1) is 0 Å². The molecule has 0 fully saturated rings. The number of hydrogen-bond acceptors (Lipinski definition) is 4. The van der Waals surface area contributed by atoms with Gasteiger partial charge in [-0.1, -0.05) is 13.0 Å². The highest BCUT2D eigenvalue weighted by atomic mass is 35.7. The van der Waals surface area contributed by atoms with E-state index in [9.17, 15) is 13.2 Å².